The minimum atomic E-state index is -1.75. The predicted octanol–water partition coefficient (Wildman–Crippen LogP) is 1.70. The highest BCUT2D eigenvalue weighted by Gasteiger charge is 2.49. The maximum absolute atomic E-state index is 14.8. The molecule has 3 aromatic rings. The number of aromatic nitrogens is 1. The van der Waals surface area contributed by atoms with E-state index in [1.54, 1.807) is 18.2 Å². The normalized spacial score (nSPS) is 27.9. The number of fused-ring (bicyclic) bond motifs is 4. The third kappa shape index (κ3) is 9.36. The lowest BCUT2D eigenvalue weighted by molar-refractivity contribution is -0.163. The van der Waals surface area contributed by atoms with E-state index >= 15 is 0 Å². The molecule has 4 aliphatic rings. The summed E-state index contributed by atoms with van der Waals surface area (Å²) in [6.07, 6.45) is 0.200. The third-order valence-corrected chi connectivity index (χ3v) is 12.2. The van der Waals surface area contributed by atoms with E-state index in [0.717, 1.165) is 27.9 Å². The number of carbonyl (C=O) groups excluding carboxylic acids is 7. The second-order valence-electron chi connectivity index (χ2n) is 17.0. The number of anilines is 1. The average molecular weight is 863 g/mol. The van der Waals surface area contributed by atoms with Crippen molar-refractivity contribution in [2.24, 2.45) is 13.0 Å². The molecule has 0 radical (unpaired) electrons. The van der Waals surface area contributed by atoms with Crippen LogP contribution in [0.4, 0.5) is 19.3 Å². The number of aliphatic hydroxyl groups excluding tert-OH is 1. The number of rotatable bonds is 6. The fraction of sp³-hybridized carbons (Fsp3) is 0.512. The number of nitrogens with zero attached hydrogens (tertiary/aromatic N) is 4. The Morgan fingerprint density at radius 2 is 1.60 bits per heavy atom. The lowest BCUT2D eigenvalue weighted by Gasteiger charge is -2.39. The molecular formula is C43H52F2N8O9. The van der Waals surface area contributed by atoms with E-state index in [0.29, 0.717) is 24.6 Å². The fourth-order valence-corrected chi connectivity index (χ4v) is 9.07. The summed E-state index contributed by atoms with van der Waals surface area (Å²) in [7, 11) is 1.83. The molecule has 0 bridgehead atoms. The average Bonchev–Trinajstić information content (AvgIpc) is 3.93. The van der Waals surface area contributed by atoms with Gasteiger partial charge in [0, 0.05) is 63.0 Å². The van der Waals surface area contributed by atoms with Crippen LogP contribution in [0.25, 0.3) is 10.9 Å². The molecule has 2 aromatic carbocycles. The summed E-state index contributed by atoms with van der Waals surface area (Å²) >= 11 is 0. The summed E-state index contributed by atoms with van der Waals surface area (Å²) in [5, 5.41) is 22.3. The molecule has 0 aliphatic carbocycles. The van der Waals surface area contributed by atoms with Gasteiger partial charge in [-0.05, 0) is 86.7 Å². The molecule has 4 saturated heterocycles. The number of aryl methyl sites for hydroxylation is 1. The number of piperidine rings is 1. The van der Waals surface area contributed by atoms with Gasteiger partial charge in [-0.2, -0.15) is 0 Å². The van der Waals surface area contributed by atoms with E-state index in [2.05, 4.69) is 21.3 Å². The van der Waals surface area contributed by atoms with Gasteiger partial charge < -0.3 is 50.4 Å². The summed E-state index contributed by atoms with van der Waals surface area (Å²) < 4.78 is 36.6. The Morgan fingerprint density at radius 1 is 0.871 bits per heavy atom. The van der Waals surface area contributed by atoms with E-state index in [9.17, 15) is 47.4 Å². The van der Waals surface area contributed by atoms with Crippen LogP contribution in [0, 0.1) is 17.6 Å². The number of halogens is 2. The number of aliphatic hydroxyl groups is 1. The SMILES string of the molecule is C[C@@H]1C[C@H]2C(=O)O[C@@H](C)[C@H](NC(=O)[C@H](Cc3cc(F)cc(F)c3)NC(=O)Nc3ccc4ccn(C)c4c3)C(=O)N3C[C@H](O)C[C@H]3C(=O)N3CCCC[C@H]3C(=O)N[C@@H](C)C(=O)N2C1. The Morgan fingerprint density at radius 3 is 2.34 bits per heavy atom. The van der Waals surface area contributed by atoms with Crippen molar-refractivity contribution in [3.8, 4) is 0 Å². The van der Waals surface area contributed by atoms with Gasteiger partial charge in [0.15, 0.2) is 0 Å². The van der Waals surface area contributed by atoms with Crippen molar-refractivity contribution in [3.05, 3.63) is 65.9 Å². The summed E-state index contributed by atoms with van der Waals surface area (Å²) in [5.41, 5.74) is 1.15. The highest BCUT2D eigenvalue weighted by molar-refractivity contribution is 5.99. The first-order chi connectivity index (χ1) is 29.5. The molecule has 4 fully saturated rings. The van der Waals surface area contributed by atoms with Crippen LogP contribution in [0.15, 0.2) is 48.7 Å². The molecule has 332 valence electrons. The van der Waals surface area contributed by atoms with Gasteiger partial charge in [-0.3, -0.25) is 24.0 Å². The minimum absolute atomic E-state index is 0.0141. The Bertz CT molecular complexity index is 2250. The molecule has 19 heteroatoms. The molecule has 0 unspecified atom stereocenters. The Kier molecular flexibility index (Phi) is 12.8. The lowest BCUT2D eigenvalue weighted by Crippen LogP contribution is -2.63. The molecule has 4 aliphatic heterocycles. The predicted molar refractivity (Wildman–Crippen MR) is 219 cm³/mol. The Hall–Kier alpha value is -6.11. The first kappa shape index (κ1) is 44.0. The van der Waals surface area contributed by atoms with Crippen LogP contribution < -0.4 is 21.3 Å². The highest BCUT2D eigenvalue weighted by Crippen LogP contribution is 2.29. The molecule has 1 aromatic heterocycles. The summed E-state index contributed by atoms with van der Waals surface area (Å²) in [4.78, 5) is 103. The Labute approximate surface area is 356 Å². The zero-order valence-corrected chi connectivity index (χ0v) is 34.9. The van der Waals surface area contributed by atoms with Crippen molar-refractivity contribution in [2.75, 3.05) is 25.0 Å². The number of nitrogens with one attached hydrogen (secondary N) is 4. The molecular weight excluding hydrogens is 811 g/mol. The van der Waals surface area contributed by atoms with Crippen molar-refractivity contribution < 1.29 is 52.2 Å². The summed E-state index contributed by atoms with van der Waals surface area (Å²) in [6, 6.07) is 0.979. The van der Waals surface area contributed by atoms with E-state index in [4.69, 9.17) is 4.74 Å². The Balaban J connectivity index is 1.22. The number of amides is 7. The van der Waals surface area contributed by atoms with Crippen molar-refractivity contribution >= 4 is 58.1 Å². The zero-order valence-electron chi connectivity index (χ0n) is 34.9. The van der Waals surface area contributed by atoms with E-state index < -0.39 is 108 Å². The van der Waals surface area contributed by atoms with Crippen LogP contribution in [0.2, 0.25) is 0 Å². The molecule has 5 heterocycles. The lowest BCUT2D eigenvalue weighted by atomic mass is 9.98. The minimum Gasteiger partial charge on any atom is -0.458 e. The number of cyclic esters (lactones) is 1. The van der Waals surface area contributed by atoms with Crippen LogP contribution in [-0.2, 0) is 47.0 Å². The van der Waals surface area contributed by atoms with Gasteiger partial charge in [0.05, 0.1) is 6.10 Å². The van der Waals surface area contributed by atoms with Crippen molar-refractivity contribution in [1.29, 1.82) is 0 Å². The van der Waals surface area contributed by atoms with Gasteiger partial charge in [0.1, 0.15) is 54.0 Å². The smallest absolute Gasteiger partial charge is 0.329 e. The topological polar surface area (TPSA) is 212 Å². The molecule has 7 rings (SSSR count). The maximum atomic E-state index is 14.8. The number of esters is 1. The van der Waals surface area contributed by atoms with Crippen LogP contribution in [0.3, 0.4) is 0 Å². The molecule has 62 heavy (non-hydrogen) atoms. The molecule has 9 atom stereocenters. The molecule has 0 saturated carbocycles. The van der Waals surface area contributed by atoms with E-state index in [1.807, 2.05) is 30.8 Å². The second-order valence-corrected chi connectivity index (χ2v) is 17.0. The molecule has 17 nitrogen and oxygen atoms in total. The van der Waals surface area contributed by atoms with Gasteiger partial charge in [0.25, 0.3) is 0 Å². The van der Waals surface area contributed by atoms with E-state index in [-0.39, 0.29) is 50.4 Å². The second kappa shape index (κ2) is 18.1. The number of carbonyl (C=O) groups is 7. The number of urea groups is 1. The van der Waals surface area contributed by atoms with Crippen molar-refractivity contribution in [2.45, 2.75) is 108 Å². The maximum Gasteiger partial charge on any atom is 0.329 e. The van der Waals surface area contributed by atoms with Gasteiger partial charge in [-0.15, -0.1) is 0 Å². The number of benzene rings is 2. The van der Waals surface area contributed by atoms with Crippen molar-refractivity contribution in [3.63, 3.8) is 0 Å². The summed E-state index contributed by atoms with van der Waals surface area (Å²) in [5.74, 6) is -6.60. The molecule has 5 N–H and O–H groups in total. The van der Waals surface area contributed by atoms with Crippen LogP contribution in [0.1, 0.15) is 58.4 Å². The highest BCUT2D eigenvalue weighted by atomic mass is 19.1. The molecule has 0 spiro atoms. The zero-order chi connectivity index (χ0) is 44.6. The summed E-state index contributed by atoms with van der Waals surface area (Å²) in [6.45, 7) is 4.68. The first-order valence-corrected chi connectivity index (χ1v) is 21.0. The van der Waals surface area contributed by atoms with Crippen LogP contribution in [0.5, 0.6) is 0 Å². The number of hydrogen-bond acceptors (Lipinski definition) is 9. The molecule has 7 amide bonds. The van der Waals surface area contributed by atoms with Crippen molar-refractivity contribution in [1.82, 2.24) is 35.2 Å². The monoisotopic (exact) mass is 862 g/mol. The van der Waals surface area contributed by atoms with Gasteiger partial charge in [0.2, 0.25) is 29.5 Å². The fourth-order valence-electron chi connectivity index (χ4n) is 9.07. The van der Waals surface area contributed by atoms with Gasteiger partial charge >= 0.3 is 12.0 Å². The standard InChI is InChI=1S/C43H52F2N8O9/c1-22-13-35-42(60)62-24(3)36(41(59)53-21-30(54)19-34(53)40(58)51-11-6-5-7-32(51)38(56)46-23(2)39(57)52(35)20-22)49-37(55)31(16-25-14-27(44)17-28(45)15-25)48-43(61)47-29-9-8-26-10-12-50(4)33(26)18-29/h8-10,12,14-15,17-18,22-24,30-32,34-36,54H,5-7,11,13,16,19-21H2,1-4H3,(H,46,56)(H,49,55)(H2,47,48,61)/t22-,23+,24+,30-,31+,32+,34+,35+,36+/m1/s1. The van der Waals surface area contributed by atoms with Gasteiger partial charge in [-0.1, -0.05) is 13.0 Å². The van der Waals surface area contributed by atoms with Gasteiger partial charge in [-0.25, -0.2) is 18.4 Å². The van der Waals surface area contributed by atoms with Crippen LogP contribution >= 0.6 is 0 Å². The van der Waals surface area contributed by atoms with E-state index in [1.165, 1.54) is 23.6 Å². The largest absolute Gasteiger partial charge is 0.458 e. The number of hydrogen-bond donors (Lipinski definition) is 5. The van der Waals surface area contributed by atoms with Crippen LogP contribution in [-0.4, -0.2) is 134 Å². The number of ether oxygens (including phenoxy) is 1. The third-order valence-electron chi connectivity index (χ3n) is 12.2. The first-order valence-electron chi connectivity index (χ1n) is 21.0. The quantitative estimate of drug-likeness (QED) is 0.228.